The Labute approximate surface area is 211 Å². The molecule has 1 aromatic carbocycles. The molecule has 0 radical (unpaired) electrons. The molecule has 5 nitrogen and oxygen atoms in total. The summed E-state index contributed by atoms with van der Waals surface area (Å²) in [6.45, 7) is 10.8. The molecule has 1 aromatic rings. The van der Waals surface area contributed by atoms with Crippen molar-refractivity contribution in [3.63, 3.8) is 0 Å². The highest BCUT2D eigenvalue weighted by Gasteiger charge is 2.82. The van der Waals surface area contributed by atoms with E-state index in [9.17, 15) is 10.2 Å². The molecule has 4 bridgehead atoms. The lowest BCUT2D eigenvalue weighted by Gasteiger charge is -2.75. The highest BCUT2D eigenvalue weighted by molar-refractivity contribution is 5.63. The van der Waals surface area contributed by atoms with Gasteiger partial charge in [0, 0.05) is 42.0 Å². The van der Waals surface area contributed by atoms with Crippen LogP contribution in [0.4, 0.5) is 0 Å². The summed E-state index contributed by atoms with van der Waals surface area (Å²) in [5.74, 6) is 1.80. The van der Waals surface area contributed by atoms with Gasteiger partial charge in [0.25, 0.3) is 0 Å². The molecule has 5 heteroatoms. The van der Waals surface area contributed by atoms with Crippen LogP contribution in [0, 0.1) is 22.7 Å². The molecule has 0 amide bonds. The summed E-state index contributed by atoms with van der Waals surface area (Å²) < 4.78 is 13.5. The van der Waals surface area contributed by atoms with E-state index in [1.165, 1.54) is 30.5 Å². The van der Waals surface area contributed by atoms with E-state index in [4.69, 9.17) is 9.47 Å². The van der Waals surface area contributed by atoms with E-state index >= 15 is 0 Å². The third-order valence-electron chi connectivity index (χ3n) is 11.9. The number of phenols is 1. The zero-order chi connectivity index (χ0) is 23.9. The molecule has 2 unspecified atom stereocenters. The monoisotopic (exact) mass is 483 g/mol. The van der Waals surface area contributed by atoms with Crippen molar-refractivity contribution < 1.29 is 19.7 Å². The Morgan fingerprint density at radius 2 is 1.89 bits per heavy atom. The van der Waals surface area contributed by atoms with Crippen molar-refractivity contribution in [3.05, 3.63) is 23.3 Å². The van der Waals surface area contributed by atoms with Crippen molar-refractivity contribution in [3.8, 4) is 11.5 Å². The molecule has 7 atom stereocenters. The first-order valence-corrected chi connectivity index (χ1v) is 13.6. The molecule has 5 fully saturated rings. The number of likely N-dealkylation sites (tertiary alicyclic amines) is 1. The lowest BCUT2D eigenvalue weighted by Crippen LogP contribution is -2.83. The van der Waals surface area contributed by atoms with Gasteiger partial charge in [-0.3, -0.25) is 4.90 Å². The number of nitrogens with zero attached hydrogens (tertiary/aromatic N) is 1. The first kappa shape index (κ1) is 24.1. The van der Waals surface area contributed by atoms with E-state index < -0.39 is 11.2 Å². The van der Waals surface area contributed by atoms with E-state index in [-0.39, 0.29) is 41.4 Å². The summed E-state index contributed by atoms with van der Waals surface area (Å²) in [5, 5.41) is 23.2. The van der Waals surface area contributed by atoms with E-state index in [2.05, 4.69) is 31.7 Å². The molecular weight excluding hydrogens is 438 g/mol. The van der Waals surface area contributed by atoms with Gasteiger partial charge < -0.3 is 19.7 Å². The fraction of sp³-hybridized carbons (Fsp3) is 0.800. The fourth-order valence-corrected chi connectivity index (χ4v) is 9.58. The molecular formula is C30H45NO4. The number of aromatic hydroxyl groups is 1. The SMILES string of the molecule is C.CO[C@]12CC[C@@]3(C[C@@H]1C(C)(O)C(C)(C)C)C1Cc4ccc(O)c5c4[C@@]3(CCN1CC1CC1)[C@H]2O5. The van der Waals surface area contributed by atoms with E-state index in [1.54, 1.807) is 0 Å². The molecule has 2 N–H and O–H groups in total. The Kier molecular flexibility index (Phi) is 4.79. The zero-order valence-electron chi connectivity index (χ0n) is 21.5. The van der Waals surface area contributed by atoms with Crippen LogP contribution in [-0.2, 0) is 16.6 Å². The first-order chi connectivity index (χ1) is 16.0. The largest absolute Gasteiger partial charge is 0.504 e. The molecule has 194 valence electrons. The maximum atomic E-state index is 12.2. The molecule has 5 aliphatic carbocycles. The zero-order valence-corrected chi connectivity index (χ0v) is 21.5. The Balaban J connectivity index is 0.00000229. The molecule has 4 saturated carbocycles. The van der Waals surface area contributed by atoms with Crippen molar-refractivity contribution in [1.82, 2.24) is 4.90 Å². The van der Waals surface area contributed by atoms with E-state index in [1.807, 2.05) is 20.1 Å². The minimum Gasteiger partial charge on any atom is -0.504 e. The maximum Gasteiger partial charge on any atom is 0.165 e. The van der Waals surface area contributed by atoms with Crippen molar-refractivity contribution in [1.29, 1.82) is 0 Å². The number of phenolic OH excluding ortho intramolecular Hbond substituents is 1. The Bertz CT molecular complexity index is 1060. The number of methoxy groups -OCH3 is 1. The molecule has 2 spiro atoms. The first-order valence-electron chi connectivity index (χ1n) is 13.6. The summed E-state index contributed by atoms with van der Waals surface area (Å²) in [6.07, 6.45) is 7.64. The van der Waals surface area contributed by atoms with Crippen LogP contribution < -0.4 is 4.74 Å². The van der Waals surface area contributed by atoms with Crippen LogP contribution in [-0.4, -0.2) is 58.7 Å². The molecule has 0 aromatic heterocycles. The molecule has 2 aliphatic heterocycles. The highest BCUT2D eigenvalue weighted by Crippen LogP contribution is 2.78. The summed E-state index contributed by atoms with van der Waals surface area (Å²) in [7, 11) is 1.83. The molecule has 2 heterocycles. The van der Waals surface area contributed by atoms with Crippen LogP contribution in [0.2, 0.25) is 0 Å². The van der Waals surface area contributed by atoms with Crippen molar-refractivity contribution in [2.75, 3.05) is 20.2 Å². The van der Waals surface area contributed by atoms with Crippen LogP contribution in [0.5, 0.6) is 11.5 Å². The average Bonchev–Trinajstić information content (AvgIpc) is 3.53. The second-order valence-corrected chi connectivity index (χ2v) is 13.8. The Hall–Kier alpha value is -1.30. The molecule has 1 saturated heterocycles. The van der Waals surface area contributed by atoms with Gasteiger partial charge >= 0.3 is 0 Å². The fourth-order valence-electron chi connectivity index (χ4n) is 9.58. The van der Waals surface area contributed by atoms with Gasteiger partial charge in [-0.15, -0.1) is 0 Å². The third-order valence-corrected chi connectivity index (χ3v) is 11.9. The van der Waals surface area contributed by atoms with Gasteiger partial charge in [-0.1, -0.05) is 34.3 Å². The second-order valence-electron chi connectivity index (χ2n) is 13.8. The number of rotatable bonds is 4. The van der Waals surface area contributed by atoms with Crippen LogP contribution in [0.15, 0.2) is 12.1 Å². The molecule has 7 aliphatic rings. The van der Waals surface area contributed by atoms with Gasteiger partial charge in [0.1, 0.15) is 11.7 Å². The van der Waals surface area contributed by atoms with Crippen molar-refractivity contribution >= 4 is 0 Å². The normalized spacial score (nSPS) is 42.6. The summed E-state index contributed by atoms with van der Waals surface area (Å²) in [6, 6.07) is 4.46. The number of hydrogen-bond acceptors (Lipinski definition) is 5. The third kappa shape index (κ3) is 2.56. The predicted molar refractivity (Wildman–Crippen MR) is 137 cm³/mol. The van der Waals surface area contributed by atoms with Crippen LogP contribution in [0.25, 0.3) is 0 Å². The van der Waals surface area contributed by atoms with Crippen LogP contribution in [0.1, 0.15) is 84.8 Å². The van der Waals surface area contributed by atoms with Crippen molar-refractivity contribution in [2.45, 2.75) is 109 Å². The summed E-state index contributed by atoms with van der Waals surface area (Å²) in [4.78, 5) is 2.82. The second kappa shape index (κ2) is 6.96. The number of aliphatic hydroxyl groups is 1. The lowest BCUT2D eigenvalue weighted by atomic mass is 9.33. The van der Waals surface area contributed by atoms with Gasteiger partial charge in [0.05, 0.1) is 5.60 Å². The van der Waals surface area contributed by atoms with E-state index in [0.29, 0.717) is 11.8 Å². The minimum absolute atomic E-state index is 0. The highest BCUT2D eigenvalue weighted by atomic mass is 16.6. The smallest absolute Gasteiger partial charge is 0.165 e. The predicted octanol–water partition coefficient (Wildman–Crippen LogP) is 5.05. The number of hydrogen-bond donors (Lipinski definition) is 2. The summed E-state index contributed by atoms with van der Waals surface area (Å²) in [5.41, 5.74) is 0.783. The minimum atomic E-state index is -0.909. The van der Waals surface area contributed by atoms with Gasteiger partial charge in [-0.25, -0.2) is 0 Å². The maximum absolute atomic E-state index is 12.2. The van der Waals surface area contributed by atoms with Gasteiger partial charge in [-0.2, -0.15) is 0 Å². The van der Waals surface area contributed by atoms with Gasteiger partial charge in [0.15, 0.2) is 11.5 Å². The number of piperidine rings is 1. The molecule has 8 rings (SSSR count). The topological polar surface area (TPSA) is 62.2 Å². The Morgan fingerprint density at radius 3 is 2.54 bits per heavy atom. The van der Waals surface area contributed by atoms with E-state index in [0.717, 1.165) is 44.6 Å². The van der Waals surface area contributed by atoms with Gasteiger partial charge in [0.2, 0.25) is 0 Å². The van der Waals surface area contributed by atoms with Crippen molar-refractivity contribution in [2.24, 2.45) is 22.7 Å². The van der Waals surface area contributed by atoms with Crippen LogP contribution >= 0.6 is 0 Å². The average molecular weight is 484 g/mol. The lowest BCUT2D eigenvalue weighted by molar-refractivity contribution is -0.312. The van der Waals surface area contributed by atoms with Gasteiger partial charge in [-0.05, 0) is 81.4 Å². The number of benzene rings is 1. The van der Waals surface area contributed by atoms with Crippen LogP contribution in [0.3, 0.4) is 0 Å². The Morgan fingerprint density at radius 1 is 1.14 bits per heavy atom. The number of ether oxygens (including phenoxy) is 2. The summed E-state index contributed by atoms with van der Waals surface area (Å²) >= 11 is 0. The quantitative estimate of drug-likeness (QED) is 0.628. The standard InChI is InChI=1S/C29H41NO4.CH4/c1-25(2,3)26(4,32)20-15-27-10-11-29(20,33-5)24-28(27)12-13-30(16-17-6-7-17)21(27)14-18-8-9-19(31)23(34-24)22(18)28;/h8-9,17,20-21,24,31-32H,6-7,10-16H2,1-5H3;1H4/t20-,21?,24-,26?,27-,28+,29-;/m1./s1. The molecule has 35 heavy (non-hydrogen) atoms. The number of fused-ring (bicyclic) bond motifs is 2.